The molecule has 154 valence electrons. The van der Waals surface area contributed by atoms with Crippen LogP contribution in [0.5, 0.6) is 0 Å². The average molecular weight is 484 g/mol. The second kappa shape index (κ2) is 13.9. The lowest BCUT2D eigenvalue weighted by Gasteiger charge is -2.38. The zero-order chi connectivity index (χ0) is 17.9. The van der Waals surface area contributed by atoms with Crippen molar-refractivity contribution in [3.63, 3.8) is 0 Å². The van der Waals surface area contributed by atoms with Crippen molar-refractivity contribution in [2.45, 2.75) is 38.8 Å². The highest BCUT2D eigenvalue weighted by Crippen LogP contribution is 2.12. The molecule has 0 aromatic carbocycles. The molecule has 2 aliphatic heterocycles. The standard InChI is InChI=1S/C18H36N4O3.HI/c1-15(22-7-10-25-12-16(22)2)11-21-18(19-3)20-6-4-8-23-13-17-5-9-24-14-17;/h15-17H,4-14H2,1-3H3,(H2,19,20,21);1H. The third-order valence-corrected chi connectivity index (χ3v) is 4.91. The Kier molecular flexibility index (Phi) is 12.8. The van der Waals surface area contributed by atoms with Gasteiger partial charge in [0.15, 0.2) is 5.96 Å². The molecule has 2 heterocycles. The SMILES string of the molecule is CN=C(NCCCOCC1CCOC1)NCC(C)N1CCOCC1C.I. The van der Waals surface area contributed by atoms with Crippen LogP contribution in [0.25, 0.3) is 0 Å². The number of hydrogen-bond donors (Lipinski definition) is 2. The van der Waals surface area contributed by atoms with Gasteiger partial charge in [-0.25, -0.2) is 0 Å². The summed E-state index contributed by atoms with van der Waals surface area (Å²) in [7, 11) is 1.81. The minimum atomic E-state index is 0. The van der Waals surface area contributed by atoms with E-state index in [0.29, 0.717) is 18.0 Å². The van der Waals surface area contributed by atoms with E-state index in [1.807, 2.05) is 7.05 Å². The van der Waals surface area contributed by atoms with Crippen molar-refractivity contribution in [2.75, 3.05) is 66.3 Å². The van der Waals surface area contributed by atoms with Crippen molar-refractivity contribution in [1.82, 2.24) is 15.5 Å². The third kappa shape index (κ3) is 8.69. The molecule has 3 atom stereocenters. The van der Waals surface area contributed by atoms with Crippen LogP contribution in [0.2, 0.25) is 0 Å². The van der Waals surface area contributed by atoms with E-state index in [2.05, 4.69) is 34.4 Å². The molecule has 0 aromatic rings. The first-order valence-electron chi connectivity index (χ1n) is 9.64. The molecule has 2 N–H and O–H groups in total. The molecule has 0 aliphatic carbocycles. The Hall–Kier alpha value is -0.160. The Morgan fingerprint density at radius 3 is 2.77 bits per heavy atom. The number of nitrogens with one attached hydrogen (secondary N) is 2. The number of halogens is 1. The van der Waals surface area contributed by atoms with E-state index in [9.17, 15) is 0 Å². The molecular formula is C18H37IN4O3. The fourth-order valence-electron chi connectivity index (χ4n) is 3.32. The Morgan fingerprint density at radius 2 is 2.08 bits per heavy atom. The average Bonchev–Trinajstić information content (AvgIpc) is 3.14. The summed E-state index contributed by atoms with van der Waals surface area (Å²) in [4.78, 5) is 6.79. The summed E-state index contributed by atoms with van der Waals surface area (Å²) in [5, 5.41) is 6.78. The second-order valence-corrected chi connectivity index (χ2v) is 7.05. The Labute approximate surface area is 175 Å². The van der Waals surface area contributed by atoms with Crippen molar-refractivity contribution >= 4 is 29.9 Å². The van der Waals surface area contributed by atoms with Crippen LogP contribution < -0.4 is 10.6 Å². The highest BCUT2D eigenvalue weighted by atomic mass is 127. The van der Waals surface area contributed by atoms with Crippen LogP contribution in [0.3, 0.4) is 0 Å². The van der Waals surface area contributed by atoms with E-state index in [-0.39, 0.29) is 24.0 Å². The van der Waals surface area contributed by atoms with Crippen LogP contribution >= 0.6 is 24.0 Å². The maximum absolute atomic E-state index is 5.72. The molecule has 2 saturated heterocycles. The van der Waals surface area contributed by atoms with Crippen molar-refractivity contribution in [3.8, 4) is 0 Å². The van der Waals surface area contributed by atoms with Gasteiger partial charge in [-0.2, -0.15) is 0 Å². The molecule has 8 heteroatoms. The molecule has 2 fully saturated rings. The highest BCUT2D eigenvalue weighted by molar-refractivity contribution is 14.0. The van der Waals surface area contributed by atoms with Gasteiger partial charge in [-0.05, 0) is 26.7 Å². The lowest BCUT2D eigenvalue weighted by atomic mass is 10.1. The fraction of sp³-hybridized carbons (Fsp3) is 0.944. The van der Waals surface area contributed by atoms with Crippen molar-refractivity contribution in [1.29, 1.82) is 0 Å². The molecule has 0 amide bonds. The van der Waals surface area contributed by atoms with Gasteiger partial charge in [0.05, 0.1) is 26.4 Å². The molecule has 0 bridgehead atoms. The van der Waals surface area contributed by atoms with Crippen molar-refractivity contribution in [3.05, 3.63) is 0 Å². The molecule has 0 spiro atoms. The number of ether oxygens (including phenoxy) is 3. The van der Waals surface area contributed by atoms with Crippen molar-refractivity contribution < 1.29 is 14.2 Å². The molecule has 26 heavy (non-hydrogen) atoms. The Balaban J connectivity index is 0.00000338. The molecule has 2 rings (SSSR count). The lowest BCUT2D eigenvalue weighted by molar-refractivity contribution is -0.0174. The molecule has 2 aliphatic rings. The smallest absolute Gasteiger partial charge is 0.191 e. The first-order valence-corrected chi connectivity index (χ1v) is 9.64. The van der Waals surface area contributed by atoms with E-state index >= 15 is 0 Å². The van der Waals surface area contributed by atoms with Gasteiger partial charge in [0.2, 0.25) is 0 Å². The van der Waals surface area contributed by atoms with Gasteiger partial charge in [-0.3, -0.25) is 9.89 Å². The Bertz CT molecular complexity index is 395. The van der Waals surface area contributed by atoms with E-state index < -0.39 is 0 Å². The fourth-order valence-corrected chi connectivity index (χ4v) is 3.32. The molecule has 0 saturated carbocycles. The largest absolute Gasteiger partial charge is 0.381 e. The van der Waals surface area contributed by atoms with Gasteiger partial charge < -0.3 is 24.8 Å². The lowest BCUT2D eigenvalue weighted by Crippen LogP contribution is -2.53. The van der Waals surface area contributed by atoms with E-state index in [1.54, 1.807) is 0 Å². The van der Waals surface area contributed by atoms with Gasteiger partial charge >= 0.3 is 0 Å². The van der Waals surface area contributed by atoms with Crippen LogP contribution in [0, 0.1) is 5.92 Å². The number of aliphatic imine (C=N–C) groups is 1. The minimum absolute atomic E-state index is 0. The zero-order valence-corrected chi connectivity index (χ0v) is 18.9. The number of rotatable bonds is 9. The minimum Gasteiger partial charge on any atom is -0.381 e. The normalized spacial score (nSPS) is 25.6. The maximum atomic E-state index is 5.72. The summed E-state index contributed by atoms with van der Waals surface area (Å²) in [6.45, 7) is 12.2. The first-order chi connectivity index (χ1) is 12.2. The van der Waals surface area contributed by atoms with Gasteiger partial charge in [-0.15, -0.1) is 24.0 Å². The topological polar surface area (TPSA) is 67.4 Å². The zero-order valence-electron chi connectivity index (χ0n) is 16.5. The quantitative estimate of drug-likeness (QED) is 0.223. The van der Waals surface area contributed by atoms with E-state index in [0.717, 1.165) is 78.1 Å². The predicted molar refractivity (Wildman–Crippen MR) is 116 cm³/mol. The van der Waals surface area contributed by atoms with E-state index in [1.165, 1.54) is 0 Å². The van der Waals surface area contributed by atoms with Gasteiger partial charge in [0.25, 0.3) is 0 Å². The number of morpholine rings is 1. The van der Waals surface area contributed by atoms with Crippen LogP contribution in [-0.2, 0) is 14.2 Å². The second-order valence-electron chi connectivity index (χ2n) is 7.05. The molecule has 3 unspecified atom stereocenters. The summed E-state index contributed by atoms with van der Waals surface area (Å²) in [6, 6.07) is 0.928. The highest BCUT2D eigenvalue weighted by Gasteiger charge is 2.23. The Morgan fingerprint density at radius 1 is 1.27 bits per heavy atom. The number of nitrogens with zero attached hydrogens (tertiary/aromatic N) is 2. The number of hydrogen-bond acceptors (Lipinski definition) is 5. The summed E-state index contributed by atoms with van der Waals surface area (Å²) >= 11 is 0. The van der Waals surface area contributed by atoms with Gasteiger partial charge in [0, 0.05) is 57.9 Å². The summed E-state index contributed by atoms with van der Waals surface area (Å²) < 4.78 is 16.6. The summed E-state index contributed by atoms with van der Waals surface area (Å²) in [5.41, 5.74) is 0. The molecule has 0 aromatic heterocycles. The van der Waals surface area contributed by atoms with Crippen molar-refractivity contribution in [2.24, 2.45) is 10.9 Å². The molecule has 0 radical (unpaired) electrons. The van der Waals surface area contributed by atoms with Crippen LogP contribution in [0.15, 0.2) is 4.99 Å². The van der Waals surface area contributed by atoms with Gasteiger partial charge in [0.1, 0.15) is 0 Å². The summed E-state index contributed by atoms with van der Waals surface area (Å²) in [6.07, 6.45) is 2.11. The number of guanidine groups is 1. The first kappa shape index (κ1) is 23.9. The predicted octanol–water partition coefficient (Wildman–Crippen LogP) is 1.32. The third-order valence-electron chi connectivity index (χ3n) is 4.91. The van der Waals surface area contributed by atoms with Crippen LogP contribution in [-0.4, -0.2) is 89.3 Å². The summed E-state index contributed by atoms with van der Waals surface area (Å²) in [5.74, 6) is 1.45. The van der Waals surface area contributed by atoms with E-state index in [4.69, 9.17) is 14.2 Å². The molecular weight excluding hydrogens is 447 g/mol. The maximum Gasteiger partial charge on any atom is 0.191 e. The molecule has 7 nitrogen and oxygen atoms in total. The van der Waals surface area contributed by atoms with Crippen LogP contribution in [0.4, 0.5) is 0 Å². The van der Waals surface area contributed by atoms with Gasteiger partial charge in [-0.1, -0.05) is 0 Å². The monoisotopic (exact) mass is 484 g/mol. The van der Waals surface area contributed by atoms with Crippen LogP contribution in [0.1, 0.15) is 26.7 Å².